The lowest BCUT2D eigenvalue weighted by Crippen LogP contribution is -2.29. The molecular weight excluding hydrogens is 362 g/mol. The van der Waals surface area contributed by atoms with Gasteiger partial charge in [0.25, 0.3) is 5.78 Å². The molecule has 1 N–H and O–H groups in total. The number of aliphatic hydroxyl groups excluding tert-OH is 1. The van der Waals surface area contributed by atoms with Crippen molar-refractivity contribution in [3.05, 3.63) is 82.4 Å². The first-order valence-corrected chi connectivity index (χ1v) is 9.11. The molecule has 0 unspecified atom stereocenters. The van der Waals surface area contributed by atoms with Crippen LogP contribution in [0.4, 0.5) is 5.13 Å². The lowest BCUT2D eigenvalue weighted by atomic mass is 9.95. The second kappa shape index (κ2) is 6.77. The SMILES string of the molecule is Cc1nnc(N2C(=O)C(=O)/C(=C(/O)c3ccccc3)[C@H]2c2ccccc2)s1. The van der Waals surface area contributed by atoms with Crippen LogP contribution in [0.5, 0.6) is 0 Å². The number of aliphatic hydroxyl groups is 1. The average molecular weight is 377 g/mol. The Labute approximate surface area is 159 Å². The molecule has 7 heteroatoms. The molecule has 1 aliphatic heterocycles. The Hall–Kier alpha value is -3.32. The Bertz CT molecular complexity index is 1040. The van der Waals surface area contributed by atoms with Crippen molar-refractivity contribution in [2.75, 3.05) is 4.90 Å². The lowest BCUT2D eigenvalue weighted by molar-refractivity contribution is -0.132. The molecule has 1 atom stereocenters. The minimum atomic E-state index is -0.765. The molecule has 27 heavy (non-hydrogen) atoms. The van der Waals surface area contributed by atoms with Gasteiger partial charge in [-0.25, -0.2) is 0 Å². The van der Waals surface area contributed by atoms with Crippen LogP contribution in [0.25, 0.3) is 5.76 Å². The maximum Gasteiger partial charge on any atom is 0.301 e. The van der Waals surface area contributed by atoms with Gasteiger partial charge in [-0.2, -0.15) is 0 Å². The van der Waals surface area contributed by atoms with Crippen molar-refractivity contribution in [1.82, 2.24) is 10.2 Å². The lowest BCUT2D eigenvalue weighted by Gasteiger charge is -2.22. The summed E-state index contributed by atoms with van der Waals surface area (Å²) in [6, 6.07) is 17.1. The number of benzene rings is 2. The molecule has 0 aliphatic carbocycles. The van der Waals surface area contributed by atoms with E-state index in [0.29, 0.717) is 21.3 Å². The number of carbonyl (C=O) groups excluding carboxylic acids is 2. The van der Waals surface area contributed by atoms with Crippen molar-refractivity contribution < 1.29 is 14.7 Å². The molecule has 3 aromatic rings. The number of nitrogens with zero attached hydrogens (tertiary/aromatic N) is 3. The van der Waals surface area contributed by atoms with E-state index in [1.165, 1.54) is 16.2 Å². The molecule has 0 radical (unpaired) electrons. The van der Waals surface area contributed by atoms with Gasteiger partial charge in [-0.05, 0) is 12.5 Å². The maximum absolute atomic E-state index is 12.8. The molecule has 0 spiro atoms. The molecule has 1 aromatic heterocycles. The smallest absolute Gasteiger partial charge is 0.301 e. The van der Waals surface area contributed by atoms with E-state index in [1.54, 1.807) is 31.2 Å². The quantitative estimate of drug-likeness (QED) is 0.429. The van der Waals surface area contributed by atoms with Gasteiger partial charge < -0.3 is 5.11 Å². The fraction of sp³-hybridized carbons (Fsp3) is 0.100. The first-order valence-electron chi connectivity index (χ1n) is 8.29. The second-order valence-electron chi connectivity index (χ2n) is 6.05. The van der Waals surface area contributed by atoms with Gasteiger partial charge in [-0.3, -0.25) is 14.5 Å². The van der Waals surface area contributed by atoms with Crippen molar-refractivity contribution in [3.63, 3.8) is 0 Å². The number of carbonyl (C=O) groups is 2. The van der Waals surface area contributed by atoms with Crippen molar-refractivity contribution in [2.24, 2.45) is 0 Å². The van der Waals surface area contributed by atoms with E-state index in [-0.39, 0.29) is 11.3 Å². The zero-order valence-corrected chi connectivity index (χ0v) is 15.2. The molecule has 1 aliphatic rings. The Balaban J connectivity index is 1.94. The summed E-state index contributed by atoms with van der Waals surface area (Å²) in [5.74, 6) is -1.66. The fourth-order valence-electron chi connectivity index (χ4n) is 3.12. The summed E-state index contributed by atoms with van der Waals surface area (Å²) in [5.41, 5.74) is 1.23. The van der Waals surface area contributed by atoms with Crippen LogP contribution in [0.15, 0.2) is 66.2 Å². The number of hydrogen-bond acceptors (Lipinski definition) is 6. The molecular formula is C20H15N3O3S. The van der Waals surface area contributed by atoms with Crippen LogP contribution in [0.1, 0.15) is 22.2 Å². The van der Waals surface area contributed by atoms with Crippen LogP contribution in [-0.4, -0.2) is 27.0 Å². The topological polar surface area (TPSA) is 83.4 Å². The Kier molecular flexibility index (Phi) is 4.29. The summed E-state index contributed by atoms with van der Waals surface area (Å²) in [6.45, 7) is 1.78. The monoisotopic (exact) mass is 377 g/mol. The highest BCUT2D eigenvalue weighted by Gasteiger charge is 2.48. The van der Waals surface area contributed by atoms with Gasteiger partial charge in [0.1, 0.15) is 10.8 Å². The standard InChI is InChI=1S/C20H15N3O3S/c1-12-21-22-20(27-12)23-16(13-8-4-2-5-9-13)15(18(25)19(23)26)17(24)14-10-6-3-7-11-14/h2-11,16,24H,1H3/b17-15+/t16-/m1/s1. The zero-order chi connectivity index (χ0) is 19.0. The third-order valence-corrected chi connectivity index (χ3v) is 5.17. The Morgan fingerprint density at radius 2 is 1.63 bits per heavy atom. The van der Waals surface area contributed by atoms with E-state index >= 15 is 0 Å². The van der Waals surface area contributed by atoms with Crippen molar-refractivity contribution in [3.8, 4) is 0 Å². The second-order valence-corrected chi connectivity index (χ2v) is 7.21. The Morgan fingerprint density at radius 3 is 2.22 bits per heavy atom. The van der Waals surface area contributed by atoms with Crippen LogP contribution >= 0.6 is 11.3 Å². The third kappa shape index (κ3) is 2.92. The van der Waals surface area contributed by atoms with Crippen LogP contribution < -0.4 is 4.90 Å². The molecule has 1 fully saturated rings. The van der Waals surface area contributed by atoms with Gasteiger partial charge in [-0.15, -0.1) is 10.2 Å². The summed E-state index contributed by atoms with van der Waals surface area (Å²) >= 11 is 1.23. The van der Waals surface area contributed by atoms with Crippen molar-refractivity contribution in [1.29, 1.82) is 0 Å². The van der Waals surface area contributed by atoms with Gasteiger partial charge in [0.2, 0.25) is 5.13 Å². The highest BCUT2D eigenvalue weighted by Crippen LogP contribution is 2.42. The number of aryl methyl sites for hydroxylation is 1. The zero-order valence-electron chi connectivity index (χ0n) is 14.4. The number of hydrogen-bond donors (Lipinski definition) is 1. The first kappa shape index (κ1) is 17.1. The largest absolute Gasteiger partial charge is 0.507 e. The summed E-state index contributed by atoms with van der Waals surface area (Å²) < 4.78 is 0. The number of ketones is 1. The van der Waals surface area contributed by atoms with E-state index in [2.05, 4.69) is 10.2 Å². The number of Topliss-reactive ketones (excluding diaryl/α,β-unsaturated/α-hetero) is 1. The molecule has 134 valence electrons. The van der Waals surface area contributed by atoms with Crippen molar-refractivity contribution >= 4 is 33.9 Å². The molecule has 0 bridgehead atoms. The summed E-state index contributed by atoms with van der Waals surface area (Å²) in [4.78, 5) is 27.0. The molecule has 1 amide bonds. The highest BCUT2D eigenvalue weighted by atomic mass is 32.1. The molecule has 1 saturated heterocycles. The first-order chi connectivity index (χ1) is 13.1. The van der Waals surface area contributed by atoms with E-state index in [9.17, 15) is 14.7 Å². The van der Waals surface area contributed by atoms with Crippen molar-refractivity contribution in [2.45, 2.75) is 13.0 Å². The summed E-state index contributed by atoms with van der Waals surface area (Å²) in [5, 5.41) is 19.9. The van der Waals surface area contributed by atoms with Crippen LogP contribution in [0.3, 0.4) is 0 Å². The van der Waals surface area contributed by atoms with Crippen LogP contribution in [0.2, 0.25) is 0 Å². The van der Waals surface area contributed by atoms with Gasteiger partial charge in [0, 0.05) is 5.56 Å². The third-order valence-electron chi connectivity index (χ3n) is 4.33. The van der Waals surface area contributed by atoms with E-state index in [1.807, 2.05) is 36.4 Å². The number of amides is 1. The normalized spacial score (nSPS) is 18.9. The van der Waals surface area contributed by atoms with Crippen LogP contribution in [-0.2, 0) is 9.59 Å². The Morgan fingerprint density at radius 1 is 1.00 bits per heavy atom. The fourth-order valence-corrected chi connectivity index (χ4v) is 3.83. The molecule has 2 heterocycles. The van der Waals surface area contributed by atoms with Gasteiger partial charge >= 0.3 is 5.91 Å². The predicted octanol–water partition coefficient (Wildman–Crippen LogP) is 3.47. The molecule has 4 rings (SSSR count). The number of rotatable bonds is 3. The van der Waals surface area contributed by atoms with E-state index < -0.39 is 17.7 Å². The predicted molar refractivity (Wildman–Crippen MR) is 102 cm³/mol. The highest BCUT2D eigenvalue weighted by molar-refractivity contribution is 7.15. The van der Waals surface area contributed by atoms with E-state index in [4.69, 9.17) is 0 Å². The number of aromatic nitrogens is 2. The van der Waals surface area contributed by atoms with Gasteiger partial charge in [0.05, 0.1) is 11.6 Å². The molecule has 0 saturated carbocycles. The van der Waals surface area contributed by atoms with Gasteiger partial charge in [-0.1, -0.05) is 72.0 Å². The molecule has 2 aromatic carbocycles. The summed E-state index contributed by atoms with van der Waals surface area (Å²) in [7, 11) is 0. The average Bonchev–Trinajstić information content (AvgIpc) is 3.24. The number of anilines is 1. The minimum absolute atomic E-state index is 0.0465. The minimum Gasteiger partial charge on any atom is -0.507 e. The molecule has 6 nitrogen and oxygen atoms in total. The van der Waals surface area contributed by atoms with E-state index in [0.717, 1.165) is 0 Å². The maximum atomic E-state index is 12.8. The van der Waals surface area contributed by atoms with Gasteiger partial charge in [0.15, 0.2) is 0 Å². The van der Waals surface area contributed by atoms with Crippen LogP contribution in [0, 0.1) is 6.92 Å². The summed E-state index contributed by atoms with van der Waals surface area (Å²) in [6.07, 6.45) is 0.